The van der Waals surface area contributed by atoms with E-state index in [-0.39, 0.29) is 17.8 Å². The Morgan fingerprint density at radius 1 is 1.30 bits per heavy atom. The number of carbonyl (C=O) groups excluding carboxylic acids is 1. The highest BCUT2D eigenvalue weighted by Crippen LogP contribution is 2.13. The highest BCUT2D eigenvalue weighted by molar-refractivity contribution is 7.90. The Bertz CT molecular complexity index is 538. The number of nitrogens with two attached hydrogens (primary N) is 1. The van der Waals surface area contributed by atoms with Crippen LogP contribution in [0.5, 0.6) is 0 Å². The third kappa shape index (κ3) is 6.53. The molecule has 0 aliphatic heterocycles. The number of benzene rings is 1. The minimum atomic E-state index is -2.98. The van der Waals surface area contributed by atoms with E-state index in [4.69, 9.17) is 5.73 Å². The summed E-state index contributed by atoms with van der Waals surface area (Å²) in [5.41, 5.74) is 7.38. The van der Waals surface area contributed by atoms with Crippen LogP contribution >= 0.6 is 0 Å². The number of sulfone groups is 1. The van der Waals surface area contributed by atoms with Gasteiger partial charge in [0.15, 0.2) is 0 Å². The van der Waals surface area contributed by atoms with Crippen molar-refractivity contribution in [3.63, 3.8) is 0 Å². The predicted molar refractivity (Wildman–Crippen MR) is 80.4 cm³/mol. The van der Waals surface area contributed by atoms with Crippen molar-refractivity contribution >= 4 is 21.6 Å². The van der Waals surface area contributed by atoms with Crippen LogP contribution in [0.3, 0.4) is 0 Å². The van der Waals surface area contributed by atoms with Crippen molar-refractivity contribution in [1.29, 1.82) is 0 Å². The molecule has 4 N–H and O–H groups in total. The van der Waals surface area contributed by atoms with Crippen LogP contribution in [0.25, 0.3) is 0 Å². The van der Waals surface area contributed by atoms with Crippen molar-refractivity contribution in [1.82, 2.24) is 5.32 Å². The van der Waals surface area contributed by atoms with Gasteiger partial charge in [0.25, 0.3) is 0 Å². The molecule has 0 saturated carbocycles. The summed E-state index contributed by atoms with van der Waals surface area (Å²) < 4.78 is 21.8. The van der Waals surface area contributed by atoms with Crippen LogP contribution in [0.2, 0.25) is 0 Å². The Hall–Kier alpha value is -1.60. The summed E-state index contributed by atoms with van der Waals surface area (Å²) in [5, 5.41) is 5.27. The average Bonchev–Trinajstić information content (AvgIpc) is 2.34. The minimum Gasteiger partial charge on any atom is -0.338 e. The second-order valence-corrected chi connectivity index (χ2v) is 7.03. The molecular weight excluding hydrogens is 278 g/mol. The molecule has 1 atom stereocenters. The number of carbonyl (C=O) groups is 1. The zero-order valence-corrected chi connectivity index (χ0v) is 12.5. The first-order chi connectivity index (χ1) is 9.28. The molecule has 0 fully saturated rings. The summed E-state index contributed by atoms with van der Waals surface area (Å²) in [7, 11) is -2.98. The first kappa shape index (κ1) is 16.5. The fourth-order valence-electron chi connectivity index (χ4n) is 1.58. The third-order valence-corrected chi connectivity index (χ3v) is 3.70. The molecule has 7 heteroatoms. The number of amides is 2. The maximum Gasteiger partial charge on any atom is 0.319 e. The smallest absolute Gasteiger partial charge is 0.319 e. The first-order valence-corrected chi connectivity index (χ1v) is 8.42. The van der Waals surface area contributed by atoms with E-state index in [1.54, 1.807) is 12.1 Å². The largest absolute Gasteiger partial charge is 0.338 e. The Morgan fingerprint density at radius 2 is 1.90 bits per heavy atom. The summed E-state index contributed by atoms with van der Waals surface area (Å²) >= 11 is 0. The van der Waals surface area contributed by atoms with E-state index in [0.717, 1.165) is 5.56 Å². The van der Waals surface area contributed by atoms with E-state index in [1.807, 2.05) is 19.1 Å². The van der Waals surface area contributed by atoms with E-state index in [0.29, 0.717) is 18.7 Å². The highest BCUT2D eigenvalue weighted by Gasteiger charge is 2.04. The van der Waals surface area contributed by atoms with E-state index < -0.39 is 9.84 Å². The number of hydrogen-bond donors (Lipinski definition) is 3. The molecular formula is C13H21N3O3S. The third-order valence-electron chi connectivity index (χ3n) is 2.67. The Labute approximate surface area is 119 Å². The van der Waals surface area contributed by atoms with E-state index in [1.165, 1.54) is 6.26 Å². The zero-order chi connectivity index (χ0) is 15.2. The lowest BCUT2D eigenvalue weighted by molar-refractivity contribution is 0.252. The second kappa shape index (κ2) is 7.25. The van der Waals surface area contributed by atoms with Crippen LogP contribution in [0.4, 0.5) is 10.5 Å². The predicted octanol–water partition coefficient (Wildman–Crippen LogP) is 1.26. The van der Waals surface area contributed by atoms with E-state index in [2.05, 4.69) is 10.6 Å². The van der Waals surface area contributed by atoms with Crippen LogP contribution in [0.1, 0.15) is 24.9 Å². The fourth-order valence-corrected chi connectivity index (χ4v) is 2.25. The average molecular weight is 299 g/mol. The topological polar surface area (TPSA) is 101 Å². The summed E-state index contributed by atoms with van der Waals surface area (Å²) in [5.74, 6) is 0.0658. The fraction of sp³-hybridized carbons (Fsp3) is 0.462. The van der Waals surface area contributed by atoms with Crippen LogP contribution in [-0.2, 0) is 9.84 Å². The molecule has 1 rings (SSSR count). The molecule has 1 aromatic carbocycles. The molecule has 1 aromatic rings. The van der Waals surface area contributed by atoms with Gasteiger partial charge in [0.2, 0.25) is 0 Å². The van der Waals surface area contributed by atoms with Gasteiger partial charge in [0, 0.05) is 24.5 Å². The molecule has 2 amide bonds. The molecule has 112 valence electrons. The standard InChI is InChI=1S/C13H21N3O3S/c1-10(14)11-4-6-12(7-5-11)16-13(17)15-8-3-9-20(2,18)19/h4-7,10H,3,8-9,14H2,1-2H3,(H2,15,16,17). The number of anilines is 1. The van der Waals surface area contributed by atoms with Gasteiger partial charge in [-0.1, -0.05) is 12.1 Å². The molecule has 1 unspecified atom stereocenters. The Kier molecular flexibility index (Phi) is 5.97. The number of nitrogens with one attached hydrogen (secondary N) is 2. The lowest BCUT2D eigenvalue weighted by Crippen LogP contribution is -2.30. The molecule has 0 radical (unpaired) electrons. The van der Waals surface area contributed by atoms with Crippen molar-refractivity contribution in [3.05, 3.63) is 29.8 Å². The Morgan fingerprint density at radius 3 is 2.40 bits per heavy atom. The molecule has 0 heterocycles. The number of hydrogen-bond acceptors (Lipinski definition) is 4. The van der Waals surface area contributed by atoms with Crippen LogP contribution < -0.4 is 16.4 Å². The molecule has 0 aromatic heterocycles. The first-order valence-electron chi connectivity index (χ1n) is 6.36. The van der Waals surface area contributed by atoms with Gasteiger partial charge in [-0.3, -0.25) is 0 Å². The maximum absolute atomic E-state index is 11.6. The van der Waals surface area contributed by atoms with Gasteiger partial charge in [0.05, 0.1) is 5.75 Å². The number of urea groups is 1. The van der Waals surface area contributed by atoms with E-state index >= 15 is 0 Å². The van der Waals surface area contributed by atoms with Gasteiger partial charge in [-0.15, -0.1) is 0 Å². The van der Waals surface area contributed by atoms with Crippen LogP contribution in [-0.4, -0.2) is 33.0 Å². The summed E-state index contributed by atoms with van der Waals surface area (Å²) in [6.45, 7) is 2.20. The summed E-state index contributed by atoms with van der Waals surface area (Å²) in [6, 6.07) is 6.85. The van der Waals surface area contributed by atoms with Crippen LogP contribution in [0, 0.1) is 0 Å². The lowest BCUT2D eigenvalue weighted by Gasteiger charge is -2.09. The maximum atomic E-state index is 11.6. The SMILES string of the molecule is CC(N)c1ccc(NC(=O)NCCCS(C)(=O)=O)cc1. The van der Waals surface area contributed by atoms with Crippen molar-refractivity contribution in [2.75, 3.05) is 23.9 Å². The van der Waals surface area contributed by atoms with Gasteiger partial charge in [0.1, 0.15) is 9.84 Å². The molecule has 6 nitrogen and oxygen atoms in total. The molecule has 0 aliphatic rings. The molecule has 0 bridgehead atoms. The van der Waals surface area contributed by atoms with Gasteiger partial charge in [-0.25, -0.2) is 13.2 Å². The lowest BCUT2D eigenvalue weighted by atomic mass is 10.1. The Balaban J connectivity index is 2.35. The quantitative estimate of drug-likeness (QED) is 0.688. The van der Waals surface area contributed by atoms with Gasteiger partial charge < -0.3 is 16.4 Å². The molecule has 0 aliphatic carbocycles. The van der Waals surface area contributed by atoms with Gasteiger partial charge in [-0.2, -0.15) is 0 Å². The van der Waals surface area contributed by atoms with Crippen molar-refractivity contribution in [2.24, 2.45) is 5.73 Å². The van der Waals surface area contributed by atoms with Crippen molar-refractivity contribution < 1.29 is 13.2 Å². The second-order valence-electron chi connectivity index (χ2n) is 4.78. The summed E-state index contributed by atoms with van der Waals surface area (Å²) in [4.78, 5) is 11.6. The summed E-state index contributed by atoms with van der Waals surface area (Å²) in [6.07, 6.45) is 1.57. The molecule has 0 spiro atoms. The minimum absolute atomic E-state index is 0.0473. The van der Waals surface area contributed by atoms with Crippen molar-refractivity contribution in [2.45, 2.75) is 19.4 Å². The van der Waals surface area contributed by atoms with Gasteiger partial charge in [-0.05, 0) is 31.0 Å². The highest BCUT2D eigenvalue weighted by atomic mass is 32.2. The van der Waals surface area contributed by atoms with Gasteiger partial charge >= 0.3 is 6.03 Å². The zero-order valence-electron chi connectivity index (χ0n) is 11.7. The van der Waals surface area contributed by atoms with Crippen molar-refractivity contribution in [3.8, 4) is 0 Å². The number of rotatable bonds is 6. The molecule has 0 saturated heterocycles. The molecule has 20 heavy (non-hydrogen) atoms. The normalized spacial score (nSPS) is 12.8. The van der Waals surface area contributed by atoms with Crippen LogP contribution in [0.15, 0.2) is 24.3 Å². The van der Waals surface area contributed by atoms with E-state index in [9.17, 15) is 13.2 Å². The monoisotopic (exact) mass is 299 g/mol.